The molecule has 10 heteroatoms. The van der Waals surface area contributed by atoms with Gasteiger partial charge in [-0.25, -0.2) is 0 Å². The second-order valence-electron chi connectivity index (χ2n) is 12.8. The van der Waals surface area contributed by atoms with Crippen LogP contribution in [0.2, 0.25) is 0 Å². The molecule has 3 aromatic rings. The van der Waals surface area contributed by atoms with Crippen LogP contribution >= 0.6 is 11.3 Å². The Labute approximate surface area is 249 Å². The SMILES string of the molecule is Cc1c(CC(=O)c2cncs2)cccc1B1OC(C)(C)C(C)(C)O1.Cc1c(N)cccc1B1OC(C)(C)C(C)(C)O1. The zero-order chi connectivity index (χ0) is 30.4. The summed E-state index contributed by atoms with van der Waals surface area (Å²) in [6.45, 7) is 20.4. The smallest absolute Gasteiger partial charge is 0.399 e. The van der Waals surface area contributed by atoms with Gasteiger partial charge in [0.15, 0.2) is 5.78 Å². The van der Waals surface area contributed by atoms with Crippen LogP contribution in [0.25, 0.3) is 0 Å². The number of benzene rings is 2. The van der Waals surface area contributed by atoms with Gasteiger partial charge in [0.1, 0.15) is 0 Å². The predicted molar refractivity (Wildman–Crippen MR) is 168 cm³/mol. The van der Waals surface area contributed by atoms with Crippen LogP contribution in [0.1, 0.15) is 81.8 Å². The number of carbonyl (C=O) groups is 1. The van der Waals surface area contributed by atoms with Gasteiger partial charge in [0, 0.05) is 18.3 Å². The fraction of sp³-hybridized carbons (Fsp3) is 0.484. The molecule has 0 saturated carbocycles. The fourth-order valence-corrected chi connectivity index (χ4v) is 5.19. The molecular weight excluding hydrogens is 534 g/mol. The first-order valence-electron chi connectivity index (χ1n) is 14.0. The highest BCUT2D eigenvalue weighted by Crippen LogP contribution is 2.38. The second-order valence-corrected chi connectivity index (χ2v) is 13.7. The average Bonchev–Trinajstić information content (AvgIpc) is 3.53. The summed E-state index contributed by atoms with van der Waals surface area (Å²) in [7, 11) is -0.739. The van der Waals surface area contributed by atoms with Gasteiger partial charge in [0.25, 0.3) is 0 Å². The van der Waals surface area contributed by atoms with Gasteiger partial charge in [-0.3, -0.25) is 9.78 Å². The Morgan fingerprint density at radius 2 is 1.24 bits per heavy atom. The quantitative estimate of drug-likeness (QED) is 0.258. The van der Waals surface area contributed by atoms with E-state index >= 15 is 0 Å². The number of rotatable bonds is 5. The van der Waals surface area contributed by atoms with Crippen molar-refractivity contribution in [3.05, 3.63) is 69.7 Å². The molecule has 5 rings (SSSR count). The molecule has 0 bridgehead atoms. The van der Waals surface area contributed by atoms with Crippen LogP contribution in [0, 0.1) is 13.8 Å². The molecule has 3 heterocycles. The van der Waals surface area contributed by atoms with Crippen molar-refractivity contribution >= 4 is 48.0 Å². The minimum Gasteiger partial charge on any atom is -0.399 e. The first kappa shape index (κ1) is 31.4. The lowest BCUT2D eigenvalue weighted by molar-refractivity contribution is 0.00578. The van der Waals surface area contributed by atoms with E-state index in [9.17, 15) is 4.79 Å². The van der Waals surface area contributed by atoms with E-state index in [-0.39, 0.29) is 35.3 Å². The highest BCUT2D eigenvalue weighted by molar-refractivity contribution is 7.11. The molecule has 41 heavy (non-hydrogen) atoms. The van der Waals surface area contributed by atoms with Crippen LogP contribution < -0.4 is 16.7 Å². The minimum atomic E-state index is -0.409. The molecule has 0 amide bonds. The Morgan fingerprint density at radius 1 is 0.780 bits per heavy atom. The number of anilines is 1. The third kappa shape index (κ3) is 6.32. The average molecular weight is 576 g/mol. The second kappa shape index (κ2) is 11.3. The molecule has 2 aromatic carbocycles. The monoisotopic (exact) mass is 576 g/mol. The van der Waals surface area contributed by atoms with Crippen molar-refractivity contribution in [3.8, 4) is 0 Å². The molecular formula is C31H42B2N2O5S. The first-order valence-corrected chi connectivity index (χ1v) is 14.9. The maximum absolute atomic E-state index is 12.4. The molecule has 2 fully saturated rings. The summed E-state index contributed by atoms with van der Waals surface area (Å²) in [6, 6.07) is 11.8. The summed E-state index contributed by atoms with van der Waals surface area (Å²) in [4.78, 5) is 17.0. The predicted octanol–water partition coefficient (Wildman–Crippen LogP) is 5.05. The Morgan fingerprint density at radius 3 is 1.71 bits per heavy atom. The lowest BCUT2D eigenvalue weighted by Crippen LogP contribution is -2.41. The third-order valence-corrected chi connectivity index (χ3v) is 9.79. The number of ketones is 1. The maximum atomic E-state index is 12.4. The highest BCUT2D eigenvalue weighted by Gasteiger charge is 2.53. The molecule has 0 unspecified atom stereocenters. The number of hydrogen-bond donors (Lipinski definition) is 1. The molecule has 0 spiro atoms. The van der Waals surface area contributed by atoms with Crippen LogP contribution in [0.15, 0.2) is 48.1 Å². The molecule has 1 aromatic heterocycles. The zero-order valence-corrected chi connectivity index (χ0v) is 26.8. The van der Waals surface area contributed by atoms with Gasteiger partial charge in [0.05, 0.1) is 32.8 Å². The van der Waals surface area contributed by atoms with Crippen LogP contribution in [0.4, 0.5) is 5.69 Å². The molecule has 7 nitrogen and oxygen atoms in total. The molecule has 2 N–H and O–H groups in total. The lowest BCUT2D eigenvalue weighted by atomic mass is 9.74. The van der Waals surface area contributed by atoms with Gasteiger partial charge in [-0.2, -0.15) is 0 Å². The highest BCUT2D eigenvalue weighted by atomic mass is 32.1. The van der Waals surface area contributed by atoms with Crippen LogP contribution in [0.5, 0.6) is 0 Å². The van der Waals surface area contributed by atoms with Gasteiger partial charge in [-0.05, 0) is 103 Å². The Bertz CT molecular complexity index is 1370. The van der Waals surface area contributed by atoms with Crippen LogP contribution in [-0.2, 0) is 25.0 Å². The number of nitrogens with zero attached hydrogens (tertiary/aromatic N) is 1. The van der Waals surface area contributed by atoms with Crippen LogP contribution in [0.3, 0.4) is 0 Å². The number of nitrogens with two attached hydrogens (primary N) is 1. The van der Waals surface area contributed by atoms with E-state index in [0.29, 0.717) is 11.3 Å². The summed E-state index contributed by atoms with van der Waals surface area (Å²) in [6.07, 6.45) is 1.99. The number of carbonyl (C=O) groups excluding carboxylic acids is 1. The van der Waals surface area contributed by atoms with Crippen molar-refractivity contribution in [3.63, 3.8) is 0 Å². The molecule has 0 aliphatic carbocycles. The largest absolute Gasteiger partial charge is 0.495 e. The third-order valence-electron chi connectivity index (χ3n) is 8.98. The van der Waals surface area contributed by atoms with Gasteiger partial charge in [-0.15, -0.1) is 11.3 Å². The maximum Gasteiger partial charge on any atom is 0.495 e. The van der Waals surface area contributed by atoms with Crippen molar-refractivity contribution < 1.29 is 23.4 Å². The van der Waals surface area contributed by atoms with E-state index in [4.69, 9.17) is 24.4 Å². The lowest BCUT2D eigenvalue weighted by Gasteiger charge is -2.32. The number of nitrogen functional groups attached to an aromatic ring is 1. The summed E-state index contributed by atoms with van der Waals surface area (Å²) in [5.74, 6) is 0.0895. The first-order chi connectivity index (χ1) is 19.0. The van der Waals surface area contributed by atoms with Gasteiger partial charge < -0.3 is 24.4 Å². The van der Waals surface area contributed by atoms with Crippen LogP contribution in [-0.4, -0.2) is 47.4 Å². The van der Waals surface area contributed by atoms with Crippen molar-refractivity contribution in [1.82, 2.24) is 4.98 Å². The fourth-order valence-electron chi connectivity index (χ4n) is 4.63. The molecule has 2 aliphatic rings. The molecule has 2 aliphatic heterocycles. The Hall–Kier alpha value is -2.49. The van der Waals surface area contributed by atoms with E-state index in [1.807, 2.05) is 77.9 Å². The van der Waals surface area contributed by atoms with E-state index in [0.717, 1.165) is 33.3 Å². The minimum absolute atomic E-state index is 0.0895. The summed E-state index contributed by atoms with van der Waals surface area (Å²) in [5.41, 5.74) is 12.1. The molecule has 0 radical (unpaired) electrons. The molecule has 218 valence electrons. The Kier molecular flexibility index (Phi) is 8.67. The van der Waals surface area contributed by atoms with Gasteiger partial charge >= 0.3 is 14.2 Å². The zero-order valence-electron chi connectivity index (χ0n) is 26.0. The van der Waals surface area contributed by atoms with E-state index in [1.54, 1.807) is 11.7 Å². The number of thiazole rings is 1. The van der Waals surface area contributed by atoms with Crippen molar-refractivity contribution in [1.29, 1.82) is 0 Å². The molecule has 0 atom stereocenters. The van der Waals surface area contributed by atoms with E-state index < -0.39 is 7.12 Å². The van der Waals surface area contributed by atoms with E-state index in [2.05, 4.69) is 32.7 Å². The standard InChI is InChI=1S/C18H22BNO3S.C13H20BNO2/c1-12-13(9-15(21)16-10-20-11-24-16)7-6-8-14(12)19-22-17(2,3)18(4,5)23-19;1-9-10(7-6-8-11(9)15)14-16-12(2,3)13(4,5)17-14/h6-8,10-11H,9H2,1-5H3;6-8H,15H2,1-5H3. The topological polar surface area (TPSA) is 92.9 Å². The number of hydrogen-bond acceptors (Lipinski definition) is 8. The van der Waals surface area contributed by atoms with Gasteiger partial charge in [-0.1, -0.05) is 30.3 Å². The molecule has 2 saturated heterocycles. The normalized spacial score (nSPS) is 20.0. The van der Waals surface area contributed by atoms with Crippen molar-refractivity contribution in [2.24, 2.45) is 0 Å². The summed E-state index contributed by atoms with van der Waals surface area (Å²) >= 11 is 1.38. The number of aromatic nitrogens is 1. The number of Topliss-reactive ketones (excluding diaryl/α,β-unsaturated/α-hetero) is 1. The van der Waals surface area contributed by atoms with E-state index in [1.165, 1.54) is 11.3 Å². The van der Waals surface area contributed by atoms with Crippen molar-refractivity contribution in [2.75, 3.05) is 5.73 Å². The summed E-state index contributed by atoms with van der Waals surface area (Å²) in [5, 5.41) is 0. The van der Waals surface area contributed by atoms with Crippen molar-refractivity contribution in [2.45, 2.75) is 98.1 Å². The Balaban J connectivity index is 0.000000201. The van der Waals surface area contributed by atoms with Gasteiger partial charge in [0.2, 0.25) is 0 Å². The summed E-state index contributed by atoms with van der Waals surface area (Å²) < 4.78 is 24.3.